The number of hydrogen-bond donors (Lipinski definition) is 1. The molecule has 1 N–H and O–H groups in total. The number of benzene rings is 2. The number of carbonyl (C=O) groups excluding carboxylic acids is 1. The minimum Gasteiger partial charge on any atom is -0.339 e. The van der Waals surface area contributed by atoms with Crippen LogP contribution in [0.2, 0.25) is 0 Å². The number of halogens is 2. The van der Waals surface area contributed by atoms with Crippen molar-refractivity contribution in [3.63, 3.8) is 0 Å². The van der Waals surface area contributed by atoms with Gasteiger partial charge in [0.25, 0.3) is 5.91 Å². The van der Waals surface area contributed by atoms with Gasteiger partial charge in [0.1, 0.15) is 5.82 Å². The summed E-state index contributed by atoms with van der Waals surface area (Å²) in [6, 6.07) is 18.9. The fourth-order valence-corrected chi connectivity index (χ4v) is 2.74. The molecule has 24 heavy (non-hydrogen) atoms. The van der Waals surface area contributed by atoms with Crippen LogP contribution in [0.3, 0.4) is 0 Å². The quantitative estimate of drug-likeness (QED) is 0.719. The van der Waals surface area contributed by atoms with Crippen molar-refractivity contribution < 1.29 is 9.18 Å². The number of aromatic nitrogens is 1. The SMILES string of the molecule is O=C(NC(c1ccccc1)c1ccccn1)c1ccc(Br)cc1F. The van der Waals surface area contributed by atoms with E-state index in [1.54, 1.807) is 12.3 Å². The number of nitrogens with one attached hydrogen (secondary N) is 1. The molecule has 1 amide bonds. The summed E-state index contributed by atoms with van der Waals surface area (Å²) >= 11 is 3.19. The second-order valence-corrected chi connectivity index (χ2v) is 6.11. The van der Waals surface area contributed by atoms with Crippen molar-refractivity contribution in [3.05, 3.63) is 100 Å². The Bertz CT molecular complexity index is 801. The summed E-state index contributed by atoms with van der Waals surface area (Å²) in [5, 5.41) is 2.87. The third-order valence-corrected chi connectivity index (χ3v) is 4.06. The molecule has 0 saturated heterocycles. The van der Waals surface area contributed by atoms with Crippen LogP contribution in [0.15, 0.2) is 77.4 Å². The highest BCUT2D eigenvalue weighted by molar-refractivity contribution is 9.10. The summed E-state index contributed by atoms with van der Waals surface area (Å²) in [6.07, 6.45) is 1.66. The van der Waals surface area contributed by atoms with Crippen LogP contribution in [0.4, 0.5) is 4.39 Å². The normalized spacial score (nSPS) is 11.8. The van der Waals surface area contributed by atoms with Gasteiger partial charge in [-0.1, -0.05) is 52.3 Å². The number of hydrogen-bond acceptors (Lipinski definition) is 2. The van der Waals surface area contributed by atoms with Gasteiger partial charge in [0.2, 0.25) is 0 Å². The van der Waals surface area contributed by atoms with Crippen molar-refractivity contribution in [3.8, 4) is 0 Å². The first-order valence-corrected chi connectivity index (χ1v) is 8.16. The average Bonchev–Trinajstić information content (AvgIpc) is 2.61. The number of nitrogens with zero attached hydrogens (tertiary/aromatic N) is 1. The van der Waals surface area contributed by atoms with Gasteiger partial charge >= 0.3 is 0 Å². The van der Waals surface area contributed by atoms with Crippen molar-refractivity contribution >= 4 is 21.8 Å². The molecule has 0 aliphatic rings. The van der Waals surface area contributed by atoms with Crippen LogP contribution in [0.1, 0.15) is 27.7 Å². The van der Waals surface area contributed by atoms with Gasteiger partial charge in [-0.2, -0.15) is 0 Å². The fraction of sp³-hybridized carbons (Fsp3) is 0.0526. The first-order valence-electron chi connectivity index (χ1n) is 7.37. The molecule has 0 aliphatic carbocycles. The van der Waals surface area contributed by atoms with Crippen molar-refractivity contribution in [2.75, 3.05) is 0 Å². The van der Waals surface area contributed by atoms with Crippen LogP contribution in [0.5, 0.6) is 0 Å². The van der Waals surface area contributed by atoms with Crippen molar-refractivity contribution in [2.45, 2.75) is 6.04 Å². The largest absolute Gasteiger partial charge is 0.339 e. The van der Waals surface area contributed by atoms with E-state index >= 15 is 0 Å². The maximum Gasteiger partial charge on any atom is 0.255 e. The predicted octanol–water partition coefficient (Wildman–Crippen LogP) is 4.50. The van der Waals surface area contributed by atoms with Gasteiger partial charge in [0.05, 0.1) is 17.3 Å². The lowest BCUT2D eigenvalue weighted by atomic mass is 10.0. The highest BCUT2D eigenvalue weighted by atomic mass is 79.9. The molecule has 2 aromatic carbocycles. The number of rotatable bonds is 4. The van der Waals surface area contributed by atoms with E-state index in [2.05, 4.69) is 26.2 Å². The molecule has 0 saturated carbocycles. The van der Waals surface area contributed by atoms with Crippen molar-refractivity contribution in [1.82, 2.24) is 10.3 Å². The van der Waals surface area contributed by atoms with Crippen LogP contribution in [-0.2, 0) is 0 Å². The molecule has 1 heterocycles. The predicted molar refractivity (Wildman–Crippen MR) is 94.1 cm³/mol. The Morgan fingerprint density at radius 2 is 1.79 bits per heavy atom. The molecule has 3 nitrogen and oxygen atoms in total. The zero-order valence-corrected chi connectivity index (χ0v) is 14.2. The maximum atomic E-state index is 14.0. The van der Waals surface area contributed by atoms with E-state index in [0.717, 1.165) is 5.56 Å². The molecular formula is C19H14BrFN2O. The van der Waals surface area contributed by atoms with Crippen LogP contribution in [0.25, 0.3) is 0 Å². The van der Waals surface area contributed by atoms with E-state index in [1.807, 2.05) is 48.5 Å². The molecule has 0 fully saturated rings. The van der Waals surface area contributed by atoms with E-state index in [0.29, 0.717) is 10.2 Å². The summed E-state index contributed by atoms with van der Waals surface area (Å²) in [5.74, 6) is -1.06. The number of carbonyl (C=O) groups is 1. The summed E-state index contributed by atoms with van der Waals surface area (Å²) in [5.41, 5.74) is 1.56. The van der Waals surface area contributed by atoms with Gasteiger partial charge in [-0.15, -0.1) is 0 Å². The van der Waals surface area contributed by atoms with Gasteiger partial charge in [-0.3, -0.25) is 9.78 Å². The minimum absolute atomic E-state index is 0.00457. The molecule has 120 valence electrons. The molecule has 0 aliphatic heterocycles. The van der Waals surface area contributed by atoms with E-state index in [1.165, 1.54) is 12.1 Å². The van der Waals surface area contributed by atoms with Crippen LogP contribution in [-0.4, -0.2) is 10.9 Å². The Kier molecular flexibility index (Phi) is 5.01. The first kappa shape index (κ1) is 16.3. The zero-order valence-electron chi connectivity index (χ0n) is 12.6. The van der Waals surface area contributed by atoms with Crippen LogP contribution >= 0.6 is 15.9 Å². The molecule has 0 spiro atoms. The third-order valence-electron chi connectivity index (χ3n) is 3.57. The third kappa shape index (κ3) is 3.68. The topological polar surface area (TPSA) is 42.0 Å². The molecular weight excluding hydrogens is 371 g/mol. The fourth-order valence-electron chi connectivity index (χ4n) is 2.40. The number of amides is 1. The summed E-state index contributed by atoms with van der Waals surface area (Å²) in [4.78, 5) is 16.9. The van der Waals surface area contributed by atoms with Gasteiger partial charge in [0, 0.05) is 10.7 Å². The summed E-state index contributed by atoms with van der Waals surface area (Å²) < 4.78 is 14.6. The molecule has 0 radical (unpaired) electrons. The van der Waals surface area contributed by atoms with Crippen LogP contribution in [0, 0.1) is 5.82 Å². The van der Waals surface area contributed by atoms with E-state index in [9.17, 15) is 9.18 Å². The lowest BCUT2D eigenvalue weighted by molar-refractivity contribution is 0.0938. The van der Waals surface area contributed by atoms with E-state index < -0.39 is 17.8 Å². The second kappa shape index (κ2) is 7.36. The first-order chi connectivity index (χ1) is 11.6. The molecule has 3 rings (SSSR count). The Hall–Kier alpha value is -2.53. The van der Waals surface area contributed by atoms with Crippen molar-refractivity contribution in [1.29, 1.82) is 0 Å². The standard InChI is InChI=1S/C19H14BrFN2O/c20-14-9-10-15(16(21)12-14)19(24)23-18(13-6-2-1-3-7-13)17-8-4-5-11-22-17/h1-12,18H,(H,23,24). The molecule has 3 aromatic rings. The van der Waals surface area contributed by atoms with E-state index in [4.69, 9.17) is 0 Å². The smallest absolute Gasteiger partial charge is 0.255 e. The highest BCUT2D eigenvalue weighted by Crippen LogP contribution is 2.22. The molecule has 5 heteroatoms. The molecule has 1 aromatic heterocycles. The Morgan fingerprint density at radius 1 is 1.04 bits per heavy atom. The monoisotopic (exact) mass is 384 g/mol. The van der Waals surface area contributed by atoms with Crippen LogP contribution < -0.4 is 5.32 Å². The average molecular weight is 385 g/mol. The van der Waals surface area contributed by atoms with Gasteiger partial charge in [0.15, 0.2) is 0 Å². The maximum absolute atomic E-state index is 14.0. The summed E-state index contributed by atoms with van der Waals surface area (Å²) in [7, 11) is 0. The number of pyridine rings is 1. The van der Waals surface area contributed by atoms with E-state index in [-0.39, 0.29) is 5.56 Å². The molecule has 1 atom stereocenters. The molecule has 1 unspecified atom stereocenters. The van der Waals surface area contributed by atoms with Gasteiger partial charge in [-0.25, -0.2) is 4.39 Å². The zero-order chi connectivity index (χ0) is 16.9. The minimum atomic E-state index is -0.574. The second-order valence-electron chi connectivity index (χ2n) is 5.20. The van der Waals surface area contributed by atoms with Gasteiger partial charge in [-0.05, 0) is 35.9 Å². The Labute approximate surface area is 147 Å². The lowest BCUT2D eigenvalue weighted by Crippen LogP contribution is -2.30. The Balaban J connectivity index is 1.94. The van der Waals surface area contributed by atoms with Crippen molar-refractivity contribution in [2.24, 2.45) is 0 Å². The summed E-state index contributed by atoms with van der Waals surface area (Å²) in [6.45, 7) is 0. The molecule has 0 bridgehead atoms. The Morgan fingerprint density at radius 3 is 2.46 bits per heavy atom. The lowest BCUT2D eigenvalue weighted by Gasteiger charge is -2.19. The highest BCUT2D eigenvalue weighted by Gasteiger charge is 2.20. The van der Waals surface area contributed by atoms with Gasteiger partial charge < -0.3 is 5.32 Å².